The van der Waals surface area contributed by atoms with Crippen molar-refractivity contribution in [2.75, 3.05) is 13.2 Å². The van der Waals surface area contributed by atoms with Crippen LogP contribution in [0.2, 0.25) is 0 Å². The smallest absolute Gasteiger partial charge is 0.128 e. The van der Waals surface area contributed by atoms with Crippen LogP contribution in [0.15, 0.2) is 30.5 Å². The molecule has 1 aliphatic rings. The zero-order valence-electron chi connectivity index (χ0n) is 14.1. The van der Waals surface area contributed by atoms with Gasteiger partial charge in [0.1, 0.15) is 18.5 Å². The van der Waals surface area contributed by atoms with Gasteiger partial charge in [-0.3, -0.25) is 0 Å². The molecule has 4 heteroatoms. The van der Waals surface area contributed by atoms with E-state index in [1.54, 1.807) is 0 Å². The van der Waals surface area contributed by atoms with Gasteiger partial charge in [0, 0.05) is 29.7 Å². The van der Waals surface area contributed by atoms with E-state index in [9.17, 15) is 5.11 Å². The molecule has 1 aromatic carbocycles. The lowest BCUT2D eigenvalue weighted by Crippen LogP contribution is -2.44. The second-order valence-electron chi connectivity index (χ2n) is 6.94. The molecule has 0 spiro atoms. The zero-order valence-corrected chi connectivity index (χ0v) is 14.1. The van der Waals surface area contributed by atoms with Gasteiger partial charge in [-0.1, -0.05) is 32.8 Å². The highest BCUT2D eigenvalue weighted by Gasteiger charge is 2.26. The van der Waals surface area contributed by atoms with E-state index in [1.165, 1.54) is 19.3 Å². The van der Waals surface area contributed by atoms with Gasteiger partial charge < -0.3 is 20.1 Å². The normalized spacial score (nSPS) is 26.3. The standard InChI is InChI=1S/C19H28N2O2/c1-13-5-3-6-17(14(13)2)21-11-15(22)12-23-19-8-4-7-18-16(19)9-10-20-18/h4,7-10,13-15,17,20-22H,3,5-6,11-12H2,1-2H3. The maximum Gasteiger partial charge on any atom is 0.128 e. The fraction of sp³-hybridized carbons (Fsp3) is 0.579. The predicted molar refractivity (Wildman–Crippen MR) is 93.8 cm³/mol. The van der Waals surface area contributed by atoms with Crippen LogP contribution in [0.5, 0.6) is 5.75 Å². The van der Waals surface area contributed by atoms with Gasteiger partial charge in [0.15, 0.2) is 0 Å². The molecular formula is C19H28N2O2. The molecule has 0 bridgehead atoms. The van der Waals surface area contributed by atoms with Crippen LogP contribution >= 0.6 is 0 Å². The molecule has 4 atom stereocenters. The number of rotatable bonds is 6. The van der Waals surface area contributed by atoms with Crippen LogP contribution < -0.4 is 10.1 Å². The first kappa shape index (κ1) is 16.3. The first-order valence-corrected chi connectivity index (χ1v) is 8.75. The number of aliphatic hydroxyl groups is 1. The van der Waals surface area contributed by atoms with Crippen LogP contribution in [0.3, 0.4) is 0 Å². The number of nitrogens with one attached hydrogen (secondary N) is 2. The predicted octanol–water partition coefficient (Wildman–Crippen LogP) is 3.32. The van der Waals surface area contributed by atoms with E-state index in [1.807, 2.05) is 30.5 Å². The molecule has 1 fully saturated rings. The highest BCUT2D eigenvalue weighted by molar-refractivity contribution is 5.85. The fourth-order valence-corrected chi connectivity index (χ4v) is 3.58. The lowest BCUT2D eigenvalue weighted by molar-refractivity contribution is 0.0953. The van der Waals surface area contributed by atoms with Gasteiger partial charge in [-0.05, 0) is 36.5 Å². The maximum absolute atomic E-state index is 10.2. The first-order valence-electron chi connectivity index (χ1n) is 8.75. The van der Waals surface area contributed by atoms with E-state index >= 15 is 0 Å². The summed E-state index contributed by atoms with van der Waals surface area (Å²) in [6, 6.07) is 8.44. The van der Waals surface area contributed by atoms with Crippen molar-refractivity contribution in [1.82, 2.24) is 10.3 Å². The first-order chi connectivity index (χ1) is 11.1. The number of ether oxygens (including phenoxy) is 1. The molecule has 126 valence electrons. The van der Waals surface area contributed by atoms with Crippen molar-refractivity contribution < 1.29 is 9.84 Å². The monoisotopic (exact) mass is 316 g/mol. The van der Waals surface area contributed by atoms with Gasteiger partial charge >= 0.3 is 0 Å². The quantitative estimate of drug-likeness (QED) is 0.766. The van der Waals surface area contributed by atoms with Crippen LogP contribution in [0, 0.1) is 11.8 Å². The summed E-state index contributed by atoms with van der Waals surface area (Å²) >= 11 is 0. The Hall–Kier alpha value is -1.52. The van der Waals surface area contributed by atoms with E-state index in [4.69, 9.17) is 4.74 Å². The zero-order chi connectivity index (χ0) is 16.2. The lowest BCUT2D eigenvalue weighted by Gasteiger charge is -2.35. The Morgan fingerprint density at radius 3 is 3.04 bits per heavy atom. The SMILES string of the molecule is CC1CCCC(NCC(O)COc2cccc3[nH]ccc23)C1C. The number of fused-ring (bicyclic) bond motifs is 1. The highest BCUT2D eigenvalue weighted by atomic mass is 16.5. The summed E-state index contributed by atoms with van der Waals surface area (Å²) in [6.45, 7) is 5.55. The van der Waals surface area contributed by atoms with Gasteiger partial charge in [-0.2, -0.15) is 0 Å². The molecule has 1 saturated carbocycles. The van der Waals surface area contributed by atoms with Gasteiger partial charge in [0.2, 0.25) is 0 Å². The second kappa shape index (κ2) is 7.37. The Labute approximate surface area is 138 Å². The van der Waals surface area contributed by atoms with Crippen molar-refractivity contribution >= 4 is 10.9 Å². The molecule has 1 aliphatic carbocycles. The summed E-state index contributed by atoms with van der Waals surface area (Å²) in [4.78, 5) is 3.17. The van der Waals surface area contributed by atoms with E-state index < -0.39 is 6.10 Å². The molecule has 0 radical (unpaired) electrons. The van der Waals surface area contributed by atoms with Crippen molar-refractivity contribution in [3.8, 4) is 5.75 Å². The van der Waals surface area contributed by atoms with Crippen LogP contribution in [0.1, 0.15) is 33.1 Å². The minimum atomic E-state index is -0.492. The molecule has 0 aliphatic heterocycles. The van der Waals surface area contributed by atoms with Crippen LogP contribution in [-0.4, -0.2) is 35.4 Å². The Kier molecular flexibility index (Phi) is 5.23. The molecular weight excluding hydrogens is 288 g/mol. The van der Waals surface area contributed by atoms with Crippen LogP contribution in [0.25, 0.3) is 10.9 Å². The molecule has 2 aromatic rings. The molecule has 3 rings (SSSR count). The third-order valence-electron chi connectivity index (χ3n) is 5.31. The van der Waals surface area contributed by atoms with E-state index in [0.717, 1.165) is 22.6 Å². The van der Waals surface area contributed by atoms with Crippen molar-refractivity contribution in [2.45, 2.75) is 45.3 Å². The Balaban J connectivity index is 1.48. The molecule has 0 amide bonds. The molecule has 3 N–H and O–H groups in total. The largest absolute Gasteiger partial charge is 0.490 e. The third kappa shape index (κ3) is 3.88. The van der Waals surface area contributed by atoms with Gasteiger partial charge in [0.05, 0.1) is 0 Å². The van der Waals surface area contributed by atoms with E-state index in [2.05, 4.69) is 24.1 Å². The average molecular weight is 316 g/mol. The summed E-state index contributed by atoms with van der Waals surface area (Å²) in [5.74, 6) is 2.26. The number of benzene rings is 1. The van der Waals surface area contributed by atoms with Gasteiger partial charge in [0.25, 0.3) is 0 Å². The number of H-pyrrole nitrogens is 1. The summed E-state index contributed by atoms with van der Waals surface area (Å²) in [6.07, 6.45) is 5.23. The Morgan fingerprint density at radius 2 is 2.17 bits per heavy atom. The number of aliphatic hydroxyl groups excluding tert-OH is 1. The van der Waals surface area contributed by atoms with E-state index in [-0.39, 0.29) is 0 Å². The minimum Gasteiger partial charge on any atom is -0.490 e. The average Bonchev–Trinajstić information content (AvgIpc) is 3.03. The van der Waals surface area contributed by atoms with Crippen molar-refractivity contribution in [3.05, 3.63) is 30.5 Å². The highest BCUT2D eigenvalue weighted by Crippen LogP contribution is 2.29. The molecule has 1 heterocycles. The minimum absolute atomic E-state index is 0.313. The lowest BCUT2D eigenvalue weighted by atomic mass is 9.78. The van der Waals surface area contributed by atoms with Gasteiger partial charge in [-0.15, -0.1) is 0 Å². The molecule has 4 unspecified atom stereocenters. The number of hydrogen-bond donors (Lipinski definition) is 3. The number of aromatic nitrogens is 1. The number of hydrogen-bond acceptors (Lipinski definition) is 3. The van der Waals surface area contributed by atoms with Crippen molar-refractivity contribution in [3.63, 3.8) is 0 Å². The summed E-state index contributed by atoms with van der Waals surface area (Å²) < 4.78 is 5.82. The molecule has 4 nitrogen and oxygen atoms in total. The molecule has 23 heavy (non-hydrogen) atoms. The Morgan fingerprint density at radius 1 is 1.30 bits per heavy atom. The fourth-order valence-electron chi connectivity index (χ4n) is 3.58. The summed E-state index contributed by atoms with van der Waals surface area (Å²) in [5.41, 5.74) is 1.06. The van der Waals surface area contributed by atoms with Crippen molar-refractivity contribution in [2.24, 2.45) is 11.8 Å². The van der Waals surface area contributed by atoms with Gasteiger partial charge in [-0.25, -0.2) is 0 Å². The molecule has 1 aromatic heterocycles. The molecule has 0 saturated heterocycles. The maximum atomic E-state index is 10.2. The summed E-state index contributed by atoms with van der Waals surface area (Å²) in [5, 5.41) is 14.8. The second-order valence-corrected chi connectivity index (χ2v) is 6.94. The van der Waals surface area contributed by atoms with E-state index in [0.29, 0.717) is 25.1 Å². The Bertz CT molecular complexity index is 625. The van der Waals surface area contributed by atoms with Crippen molar-refractivity contribution in [1.29, 1.82) is 0 Å². The van der Waals surface area contributed by atoms with Crippen LogP contribution in [0.4, 0.5) is 0 Å². The topological polar surface area (TPSA) is 57.3 Å². The third-order valence-corrected chi connectivity index (χ3v) is 5.31. The summed E-state index contributed by atoms with van der Waals surface area (Å²) in [7, 11) is 0. The van der Waals surface area contributed by atoms with Crippen LogP contribution in [-0.2, 0) is 0 Å². The number of aromatic amines is 1.